The maximum Gasteiger partial charge on any atom is 0.205 e. The highest BCUT2D eigenvalue weighted by atomic mass is 31.2. The first-order chi connectivity index (χ1) is 17.0. The fourth-order valence-electron chi connectivity index (χ4n) is 4.17. The van der Waals surface area contributed by atoms with Crippen LogP contribution in [0.2, 0.25) is 0 Å². The number of carbonyl (C=O) groups is 1. The summed E-state index contributed by atoms with van der Waals surface area (Å²) in [7, 11) is -1.98. The first kappa shape index (κ1) is 24.6. The van der Waals surface area contributed by atoms with Crippen molar-refractivity contribution in [3.05, 3.63) is 126 Å². The number of hydrogen-bond acceptors (Lipinski definition) is 4. The molecule has 4 aromatic carbocycles. The minimum absolute atomic E-state index is 0.261. The van der Waals surface area contributed by atoms with Crippen LogP contribution < -0.4 is 20.4 Å². The van der Waals surface area contributed by atoms with E-state index in [-0.39, 0.29) is 5.56 Å². The fraction of sp³-hybridized carbons (Fsp3) is 0.138. The van der Waals surface area contributed by atoms with Crippen molar-refractivity contribution in [1.82, 2.24) is 5.09 Å². The Morgan fingerprint density at radius 3 is 1.89 bits per heavy atom. The maximum atomic E-state index is 14.7. The molecule has 178 valence electrons. The number of nitrogens with one attached hydrogen (secondary N) is 1. The SMILES string of the molecule is COc1ccccc1C(=O)[C@H](O)[C@H](NP(=O)(c1ccccc1)c1ccccc1)c1ccccc1C. The Morgan fingerprint density at radius 1 is 0.800 bits per heavy atom. The second-order valence-electron chi connectivity index (χ2n) is 8.25. The third-order valence-corrected chi connectivity index (χ3v) is 8.73. The number of para-hydroxylation sites is 1. The van der Waals surface area contributed by atoms with E-state index >= 15 is 0 Å². The number of aliphatic hydroxyl groups excluding tert-OH is 1. The van der Waals surface area contributed by atoms with Gasteiger partial charge >= 0.3 is 0 Å². The second kappa shape index (κ2) is 10.8. The summed E-state index contributed by atoms with van der Waals surface area (Å²) in [5.74, 6) is -0.148. The van der Waals surface area contributed by atoms with Crippen LogP contribution in [0.25, 0.3) is 0 Å². The van der Waals surface area contributed by atoms with Gasteiger partial charge < -0.3 is 9.84 Å². The minimum Gasteiger partial charge on any atom is -0.496 e. The highest BCUT2D eigenvalue weighted by molar-refractivity contribution is 7.76. The highest BCUT2D eigenvalue weighted by Crippen LogP contribution is 2.43. The number of carbonyl (C=O) groups excluding carboxylic acids is 1. The number of methoxy groups -OCH3 is 1. The predicted molar refractivity (Wildman–Crippen MR) is 140 cm³/mol. The summed E-state index contributed by atoms with van der Waals surface area (Å²) in [6.07, 6.45) is -1.52. The number of Topliss-reactive ketones (excluding diaryl/α,β-unsaturated/α-hetero) is 1. The van der Waals surface area contributed by atoms with Gasteiger partial charge in [-0.2, -0.15) is 0 Å². The number of hydrogen-bond donors (Lipinski definition) is 2. The number of ether oxygens (including phenoxy) is 1. The molecule has 4 rings (SSSR count). The monoisotopic (exact) mass is 485 g/mol. The molecule has 0 saturated heterocycles. The van der Waals surface area contributed by atoms with Crippen LogP contribution in [-0.4, -0.2) is 24.1 Å². The molecule has 2 atom stereocenters. The molecule has 35 heavy (non-hydrogen) atoms. The summed E-state index contributed by atoms with van der Waals surface area (Å²) >= 11 is 0. The van der Waals surface area contributed by atoms with Gasteiger partial charge in [-0.05, 0) is 54.4 Å². The van der Waals surface area contributed by atoms with Gasteiger partial charge in [-0.1, -0.05) is 72.8 Å². The van der Waals surface area contributed by atoms with Crippen molar-refractivity contribution in [2.75, 3.05) is 7.11 Å². The molecule has 0 amide bonds. The molecule has 0 heterocycles. The Kier molecular flexibility index (Phi) is 7.62. The zero-order valence-electron chi connectivity index (χ0n) is 19.7. The number of ketones is 1. The third-order valence-electron chi connectivity index (χ3n) is 6.04. The Bertz CT molecular complexity index is 1300. The molecule has 0 aromatic heterocycles. The summed E-state index contributed by atoms with van der Waals surface area (Å²) < 4.78 is 20.1. The number of aryl methyl sites for hydroxylation is 1. The summed E-state index contributed by atoms with van der Waals surface area (Å²) in [5, 5.41) is 15.9. The highest BCUT2D eigenvalue weighted by Gasteiger charge is 2.37. The van der Waals surface area contributed by atoms with Gasteiger partial charge in [0.15, 0.2) is 5.78 Å². The van der Waals surface area contributed by atoms with Crippen LogP contribution in [0.3, 0.4) is 0 Å². The normalized spacial score (nSPS) is 13.1. The van der Waals surface area contributed by atoms with E-state index in [0.29, 0.717) is 21.9 Å². The van der Waals surface area contributed by atoms with Crippen LogP contribution in [0.15, 0.2) is 109 Å². The molecule has 5 nitrogen and oxygen atoms in total. The first-order valence-electron chi connectivity index (χ1n) is 11.4. The molecular weight excluding hydrogens is 457 g/mol. The molecule has 2 N–H and O–H groups in total. The quantitative estimate of drug-likeness (QED) is 0.263. The van der Waals surface area contributed by atoms with E-state index in [2.05, 4.69) is 5.09 Å². The van der Waals surface area contributed by atoms with Crippen LogP contribution in [0, 0.1) is 6.92 Å². The van der Waals surface area contributed by atoms with Crippen molar-refractivity contribution in [2.45, 2.75) is 19.1 Å². The molecular formula is C29H28NO4P. The zero-order chi connectivity index (χ0) is 24.8. The summed E-state index contributed by atoms with van der Waals surface area (Å²) in [6.45, 7) is 1.90. The molecule has 0 aliphatic heterocycles. The number of benzene rings is 4. The molecule has 0 radical (unpaired) electrons. The van der Waals surface area contributed by atoms with Gasteiger partial charge in [0.25, 0.3) is 0 Å². The van der Waals surface area contributed by atoms with Gasteiger partial charge in [-0.3, -0.25) is 9.36 Å². The van der Waals surface area contributed by atoms with Crippen molar-refractivity contribution in [1.29, 1.82) is 0 Å². The molecule has 0 fully saturated rings. The molecule has 6 heteroatoms. The van der Waals surface area contributed by atoms with Crippen molar-refractivity contribution in [3.8, 4) is 5.75 Å². The molecule has 4 aromatic rings. The van der Waals surface area contributed by atoms with E-state index in [1.165, 1.54) is 7.11 Å². The van der Waals surface area contributed by atoms with Gasteiger partial charge in [-0.15, -0.1) is 0 Å². The average Bonchev–Trinajstić information content (AvgIpc) is 2.92. The lowest BCUT2D eigenvalue weighted by Gasteiger charge is -2.31. The molecule has 0 unspecified atom stereocenters. The van der Waals surface area contributed by atoms with Gasteiger partial charge in [0.2, 0.25) is 7.29 Å². The van der Waals surface area contributed by atoms with Gasteiger partial charge in [0.05, 0.1) is 18.7 Å². The van der Waals surface area contributed by atoms with Crippen molar-refractivity contribution in [3.63, 3.8) is 0 Å². The Balaban J connectivity index is 1.85. The lowest BCUT2D eigenvalue weighted by molar-refractivity contribution is 0.0675. The molecule has 0 saturated carbocycles. The number of aliphatic hydroxyl groups is 1. The second-order valence-corrected chi connectivity index (χ2v) is 10.8. The van der Waals surface area contributed by atoms with Gasteiger partial charge in [0.1, 0.15) is 11.9 Å². The van der Waals surface area contributed by atoms with E-state index in [0.717, 1.165) is 5.56 Å². The summed E-state index contributed by atoms with van der Waals surface area (Å²) in [5.41, 5.74) is 1.82. The van der Waals surface area contributed by atoms with E-state index < -0.39 is 25.2 Å². The van der Waals surface area contributed by atoms with Crippen LogP contribution in [0.1, 0.15) is 27.5 Å². The van der Waals surface area contributed by atoms with Crippen molar-refractivity contribution >= 4 is 23.7 Å². The molecule has 0 aliphatic rings. The predicted octanol–water partition coefficient (Wildman–Crippen LogP) is 4.81. The molecule has 0 bridgehead atoms. The van der Waals surface area contributed by atoms with E-state index in [9.17, 15) is 14.5 Å². The lowest BCUT2D eigenvalue weighted by Crippen LogP contribution is -2.40. The lowest BCUT2D eigenvalue weighted by atomic mass is 9.93. The Hall–Kier alpha value is -3.50. The summed E-state index contributed by atoms with van der Waals surface area (Å²) in [4.78, 5) is 13.5. The minimum atomic E-state index is -3.46. The van der Waals surface area contributed by atoms with Crippen LogP contribution >= 0.6 is 7.29 Å². The topological polar surface area (TPSA) is 75.6 Å². The number of rotatable bonds is 9. The largest absolute Gasteiger partial charge is 0.496 e. The first-order valence-corrected chi connectivity index (χ1v) is 13.1. The standard InChI is InChI=1S/C29H28NO4P/c1-21-13-9-10-18-24(21)27(29(32)28(31)25-19-11-12-20-26(25)34-2)30-35(33,22-14-5-3-6-15-22)23-16-7-4-8-17-23/h3-20,27,29,32H,1-2H3,(H,30,33)/t27-,29-/m1/s1. The zero-order valence-corrected chi connectivity index (χ0v) is 20.6. The average molecular weight is 486 g/mol. The van der Waals surface area contributed by atoms with Crippen molar-refractivity contribution in [2.24, 2.45) is 0 Å². The third kappa shape index (κ3) is 5.13. The van der Waals surface area contributed by atoms with E-state index in [4.69, 9.17) is 4.74 Å². The van der Waals surface area contributed by atoms with E-state index in [1.54, 1.807) is 48.5 Å². The van der Waals surface area contributed by atoms with Crippen LogP contribution in [0.4, 0.5) is 0 Å². The molecule has 0 aliphatic carbocycles. The Morgan fingerprint density at radius 2 is 1.31 bits per heavy atom. The smallest absolute Gasteiger partial charge is 0.205 e. The summed E-state index contributed by atoms with van der Waals surface area (Å²) in [6, 6.07) is 31.5. The van der Waals surface area contributed by atoms with E-state index in [1.807, 2.05) is 67.6 Å². The fourth-order valence-corrected chi connectivity index (χ4v) is 6.63. The van der Waals surface area contributed by atoms with Gasteiger partial charge in [-0.25, -0.2) is 5.09 Å². The van der Waals surface area contributed by atoms with Crippen LogP contribution in [0.5, 0.6) is 5.75 Å². The van der Waals surface area contributed by atoms with Gasteiger partial charge in [0, 0.05) is 10.6 Å². The maximum absolute atomic E-state index is 14.7. The molecule has 0 spiro atoms. The van der Waals surface area contributed by atoms with Crippen LogP contribution in [-0.2, 0) is 4.57 Å². The van der Waals surface area contributed by atoms with Crippen molar-refractivity contribution < 1.29 is 19.2 Å². The Labute approximate surface area is 205 Å².